The van der Waals surface area contributed by atoms with Gasteiger partial charge in [-0.25, -0.2) is 0 Å². The first-order chi connectivity index (χ1) is 7.70. The number of halogens is 1. The van der Waals surface area contributed by atoms with E-state index in [9.17, 15) is 4.79 Å². The van der Waals surface area contributed by atoms with Crippen molar-refractivity contribution in [1.82, 2.24) is 4.90 Å². The molecule has 2 saturated heterocycles. The van der Waals surface area contributed by atoms with E-state index in [0.717, 1.165) is 6.42 Å². The number of alkyl halides is 1. The van der Waals surface area contributed by atoms with Crippen LogP contribution in [0.25, 0.3) is 0 Å². The molecule has 0 aliphatic carbocycles. The summed E-state index contributed by atoms with van der Waals surface area (Å²) in [7, 11) is 0. The quantitative estimate of drug-likeness (QED) is 0.680. The van der Waals surface area contributed by atoms with Crippen LogP contribution in [0.2, 0.25) is 0 Å². The van der Waals surface area contributed by atoms with E-state index in [1.54, 1.807) is 0 Å². The van der Waals surface area contributed by atoms with Gasteiger partial charge in [-0.15, -0.1) is 11.6 Å². The smallest absolute Gasteiger partial charge is 0.228 e. The van der Waals surface area contributed by atoms with Gasteiger partial charge in [-0.2, -0.15) is 0 Å². The van der Waals surface area contributed by atoms with Gasteiger partial charge in [0.2, 0.25) is 5.91 Å². The van der Waals surface area contributed by atoms with E-state index >= 15 is 0 Å². The molecule has 5 heteroatoms. The first-order valence-electron chi connectivity index (χ1n) is 5.78. The third-order valence-electron chi connectivity index (χ3n) is 3.09. The molecule has 16 heavy (non-hydrogen) atoms. The van der Waals surface area contributed by atoms with Crippen LogP contribution in [-0.2, 0) is 14.3 Å². The minimum absolute atomic E-state index is 0.0308. The summed E-state index contributed by atoms with van der Waals surface area (Å²) >= 11 is 5.79. The second kappa shape index (κ2) is 5.34. The number of nitrogens with zero attached hydrogens (tertiary/aromatic N) is 1. The summed E-state index contributed by atoms with van der Waals surface area (Å²) in [5, 5.41) is 0. The molecule has 2 aliphatic heterocycles. The van der Waals surface area contributed by atoms with Gasteiger partial charge in [0, 0.05) is 19.7 Å². The highest BCUT2D eigenvalue weighted by atomic mass is 35.5. The zero-order valence-electron chi connectivity index (χ0n) is 9.52. The monoisotopic (exact) mass is 247 g/mol. The number of carbonyl (C=O) groups is 1. The van der Waals surface area contributed by atoms with E-state index in [4.69, 9.17) is 21.1 Å². The Morgan fingerprint density at radius 3 is 2.94 bits per heavy atom. The summed E-state index contributed by atoms with van der Waals surface area (Å²) in [5.74, 6) is 0.680. The lowest BCUT2D eigenvalue weighted by Crippen LogP contribution is -2.51. The van der Waals surface area contributed by atoms with Crippen LogP contribution >= 0.6 is 11.6 Å². The highest BCUT2D eigenvalue weighted by Crippen LogP contribution is 2.19. The van der Waals surface area contributed by atoms with Gasteiger partial charge in [-0.1, -0.05) is 0 Å². The molecule has 2 fully saturated rings. The van der Waals surface area contributed by atoms with E-state index in [-0.39, 0.29) is 24.0 Å². The Morgan fingerprint density at radius 2 is 2.31 bits per heavy atom. The summed E-state index contributed by atoms with van der Waals surface area (Å²) in [6.07, 6.45) is 0.885. The number of rotatable bonds is 2. The summed E-state index contributed by atoms with van der Waals surface area (Å²) in [4.78, 5) is 14.0. The minimum Gasteiger partial charge on any atom is -0.381 e. The molecule has 4 nitrogen and oxygen atoms in total. The predicted molar refractivity (Wildman–Crippen MR) is 60.6 cm³/mol. The van der Waals surface area contributed by atoms with Crippen molar-refractivity contribution in [3.63, 3.8) is 0 Å². The SMILES string of the molecule is CC1CN(C(=O)C2CCOC2)CC(CCl)O1. The normalized spacial score (nSPS) is 35.4. The van der Waals surface area contributed by atoms with Crippen LogP contribution < -0.4 is 0 Å². The van der Waals surface area contributed by atoms with Crippen molar-refractivity contribution < 1.29 is 14.3 Å². The summed E-state index contributed by atoms with van der Waals surface area (Å²) in [5.41, 5.74) is 0. The number of amides is 1. The van der Waals surface area contributed by atoms with E-state index in [2.05, 4.69) is 0 Å². The molecule has 2 aliphatic rings. The van der Waals surface area contributed by atoms with Crippen molar-refractivity contribution in [2.24, 2.45) is 5.92 Å². The maximum Gasteiger partial charge on any atom is 0.228 e. The predicted octanol–water partition coefficient (Wildman–Crippen LogP) is 0.878. The lowest BCUT2D eigenvalue weighted by molar-refractivity contribution is -0.147. The molecule has 0 aromatic carbocycles. The highest BCUT2D eigenvalue weighted by molar-refractivity contribution is 6.18. The van der Waals surface area contributed by atoms with E-state index < -0.39 is 0 Å². The van der Waals surface area contributed by atoms with Gasteiger partial charge in [-0.05, 0) is 13.3 Å². The fourth-order valence-corrected chi connectivity index (χ4v) is 2.47. The Balaban J connectivity index is 1.94. The first-order valence-corrected chi connectivity index (χ1v) is 6.32. The Bertz CT molecular complexity index is 256. The summed E-state index contributed by atoms with van der Waals surface area (Å²) in [6.45, 7) is 4.53. The lowest BCUT2D eigenvalue weighted by Gasteiger charge is -2.37. The lowest BCUT2D eigenvalue weighted by atomic mass is 10.1. The van der Waals surface area contributed by atoms with Gasteiger partial charge in [-0.3, -0.25) is 4.79 Å². The average Bonchev–Trinajstić information content (AvgIpc) is 2.80. The van der Waals surface area contributed by atoms with Crippen LogP contribution in [0.1, 0.15) is 13.3 Å². The van der Waals surface area contributed by atoms with Crippen molar-refractivity contribution in [1.29, 1.82) is 0 Å². The Hall–Kier alpha value is -0.320. The fraction of sp³-hybridized carbons (Fsp3) is 0.909. The van der Waals surface area contributed by atoms with Gasteiger partial charge in [0.05, 0.1) is 30.6 Å². The number of hydrogen-bond acceptors (Lipinski definition) is 3. The fourth-order valence-electron chi connectivity index (χ4n) is 2.30. The van der Waals surface area contributed by atoms with Crippen LogP contribution in [0, 0.1) is 5.92 Å². The van der Waals surface area contributed by atoms with Crippen LogP contribution in [-0.4, -0.2) is 55.2 Å². The standard InChI is InChI=1S/C11H18ClNO3/c1-8-5-13(6-10(4-12)16-8)11(14)9-2-3-15-7-9/h8-10H,2-7H2,1H3. The summed E-state index contributed by atoms with van der Waals surface area (Å²) in [6, 6.07) is 0. The van der Waals surface area contributed by atoms with E-state index in [0.29, 0.717) is 32.2 Å². The van der Waals surface area contributed by atoms with E-state index in [1.165, 1.54) is 0 Å². The minimum atomic E-state index is -0.0308. The molecule has 0 N–H and O–H groups in total. The molecule has 0 aromatic heterocycles. The maximum atomic E-state index is 12.2. The molecule has 0 aromatic rings. The molecule has 0 saturated carbocycles. The maximum absolute atomic E-state index is 12.2. The van der Waals surface area contributed by atoms with Crippen LogP contribution in [0.5, 0.6) is 0 Å². The molecule has 1 amide bonds. The largest absolute Gasteiger partial charge is 0.381 e. The van der Waals surface area contributed by atoms with E-state index in [1.807, 2.05) is 11.8 Å². The zero-order valence-corrected chi connectivity index (χ0v) is 10.3. The van der Waals surface area contributed by atoms with Gasteiger partial charge in [0.15, 0.2) is 0 Å². The third kappa shape index (κ3) is 2.67. The summed E-state index contributed by atoms with van der Waals surface area (Å²) < 4.78 is 10.9. The second-order valence-corrected chi connectivity index (χ2v) is 4.84. The number of carbonyl (C=O) groups excluding carboxylic acids is 1. The molecule has 0 spiro atoms. The Kier molecular flexibility index (Phi) is 4.05. The van der Waals surface area contributed by atoms with Crippen molar-refractivity contribution in [2.75, 3.05) is 32.2 Å². The second-order valence-electron chi connectivity index (χ2n) is 4.53. The van der Waals surface area contributed by atoms with Crippen molar-refractivity contribution in [3.8, 4) is 0 Å². The Labute approximate surface area is 101 Å². The number of morpholine rings is 1. The highest BCUT2D eigenvalue weighted by Gasteiger charge is 2.33. The average molecular weight is 248 g/mol. The zero-order chi connectivity index (χ0) is 11.5. The van der Waals surface area contributed by atoms with Gasteiger partial charge >= 0.3 is 0 Å². The molecule has 2 heterocycles. The topological polar surface area (TPSA) is 38.8 Å². The first kappa shape index (κ1) is 12.1. The van der Waals surface area contributed by atoms with Crippen LogP contribution in [0.3, 0.4) is 0 Å². The molecule has 3 unspecified atom stereocenters. The third-order valence-corrected chi connectivity index (χ3v) is 3.43. The van der Waals surface area contributed by atoms with Crippen molar-refractivity contribution >= 4 is 17.5 Å². The molecular weight excluding hydrogens is 230 g/mol. The van der Waals surface area contributed by atoms with Gasteiger partial charge in [0.25, 0.3) is 0 Å². The van der Waals surface area contributed by atoms with Crippen molar-refractivity contribution in [3.05, 3.63) is 0 Å². The molecule has 0 bridgehead atoms. The molecule has 92 valence electrons. The number of hydrogen-bond donors (Lipinski definition) is 0. The molecule has 2 rings (SSSR count). The van der Waals surface area contributed by atoms with Crippen molar-refractivity contribution in [2.45, 2.75) is 25.6 Å². The molecule has 3 atom stereocenters. The molecular formula is C11H18ClNO3. The Morgan fingerprint density at radius 1 is 1.50 bits per heavy atom. The number of ether oxygens (including phenoxy) is 2. The van der Waals surface area contributed by atoms with Crippen LogP contribution in [0.15, 0.2) is 0 Å². The van der Waals surface area contributed by atoms with Gasteiger partial charge < -0.3 is 14.4 Å². The molecule has 0 radical (unpaired) electrons. The van der Waals surface area contributed by atoms with Gasteiger partial charge in [0.1, 0.15) is 0 Å². The van der Waals surface area contributed by atoms with Crippen LogP contribution in [0.4, 0.5) is 0 Å².